The molecule has 3 heteroatoms. The average molecular weight is 299 g/mol. The SMILES string of the molecule is C/C(N)=C/NC1CCCc2cc(CN3CCCCC3)ccc21. The lowest BCUT2D eigenvalue weighted by atomic mass is 9.86. The molecule has 3 rings (SSSR count). The lowest BCUT2D eigenvalue weighted by Crippen LogP contribution is -2.29. The molecule has 0 radical (unpaired) electrons. The zero-order chi connectivity index (χ0) is 15.4. The zero-order valence-electron chi connectivity index (χ0n) is 13.8. The Morgan fingerprint density at radius 2 is 2.09 bits per heavy atom. The van der Waals surface area contributed by atoms with Crippen LogP contribution in [0, 0.1) is 0 Å². The number of benzene rings is 1. The number of likely N-dealkylation sites (tertiary alicyclic amines) is 1. The van der Waals surface area contributed by atoms with Crippen LogP contribution in [0.1, 0.15) is 61.8 Å². The zero-order valence-corrected chi connectivity index (χ0v) is 13.8. The summed E-state index contributed by atoms with van der Waals surface area (Å²) in [5.41, 5.74) is 11.1. The predicted molar refractivity (Wildman–Crippen MR) is 92.3 cm³/mol. The van der Waals surface area contributed by atoms with Crippen LogP contribution >= 0.6 is 0 Å². The van der Waals surface area contributed by atoms with Gasteiger partial charge in [0, 0.05) is 18.4 Å². The molecule has 0 amide bonds. The van der Waals surface area contributed by atoms with Gasteiger partial charge in [0.2, 0.25) is 0 Å². The third kappa shape index (κ3) is 3.83. The number of hydrogen-bond acceptors (Lipinski definition) is 3. The molecule has 1 saturated heterocycles. The van der Waals surface area contributed by atoms with E-state index in [1.54, 1.807) is 0 Å². The van der Waals surface area contributed by atoms with Crippen LogP contribution < -0.4 is 11.1 Å². The van der Waals surface area contributed by atoms with Gasteiger partial charge in [-0.2, -0.15) is 0 Å². The first-order chi connectivity index (χ1) is 10.7. The van der Waals surface area contributed by atoms with E-state index in [-0.39, 0.29) is 0 Å². The van der Waals surface area contributed by atoms with Gasteiger partial charge < -0.3 is 11.1 Å². The Morgan fingerprint density at radius 3 is 2.86 bits per heavy atom. The van der Waals surface area contributed by atoms with Gasteiger partial charge in [0.1, 0.15) is 0 Å². The standard InChI is InChI=1S/C19H29N3/c1-15(20)13-21-19-7-5-6-17-12-16(8-9-18(17)19)14-22-10-3-2-4-11-22/h8-9,12-13,19,21H,2-7,10-11,14,20H2,1H3/b15-13-. The lowest BCUT2D eigenvalue weighted by Gasteiger charge is -2.29. The largest absolute Gasteiger partial charge is 0.401 e. The summed E-state index contributed by atoms with van der Waals surface area (Å²) in [5.74, 6) is 0. The summed E-state index contributed by atoms with van der Waals surface area (Å²) in [6, 6.07) is 7.53. The summed E-state index contributed by atoms with van der Waals surface area (Å²) in [6.07, 6.45) is 9.75. The van der Waals surface area contributed by atoms with Crippen molar-refractivity contribution in [3.8, 4) is 0 Å². The molecular formula is C19H29N3. The molecular weight excluding hydrogens is 270 g/mol. The second-order valence-corrected chi connectivity index (χ2v) is 6.87. The molecule has 1 aliphatic heterocycles. The van der Waals surface area contributed by atoms with Gasteiger partial charge in [-0.3, -0.25) is 4.90 Å². The summed E-state index contributed by atoms with van der Waals surface area (Å²) in [6.45, 7) is 5.58. The molecule has 120 valence electrons. The van der Waals surface area contributed by atoms with E-state index in [0.717, 1.165) is 12.2 Å². The van der Waals surface area contributed by atoms with Gasteiger partial charge in [-0.25, -0.2) is 0 Å². The topological polar surface area (TPSA) is 41.3 Å². The molecule has 1 unspecified atom stereocenters. The van der Waals surface area contributed by atoms with Gasteiger partial charge in [-0.05, 0) is 68.8 Å². The third-order valence-electron chi connectivity index (χ3n) is 4.89. The first-order valence-corrected chi connectivity index (χ1v) is 8.75. The predicted octanol–water partition coefficient (Wildman–Crippen LogP) is 3.46. The second-order valence-electron chi connectivity index (χ2n) is 6.87. The summed E-state index contributed by atoms with van der Waals surface area (Å²) >= 11 is 0. The van der Waals surface area contributed by atoms with Crippen molar-refractivity contribution in [2.24, 2.45) is 5.73 Å². The highest BCUT2D eigenvalue weighted by atomic mass is 15.1. The quantitative estimate of drug-likeness (QED) is 0.894. The monoisotopic (exact) mass is 299 g/mol. The van der Waals surface area contributed by atoms with Crippen molar-refractivity contribution in [2.45, 2.75) is 58.0 Å². The Kier molecular flexibility index (Phi) is 5.04. The van der Waals surface area contributed by atoms with E-state index in [9.17, 15) is 0 Å². The highest BCUT2D eigenvalue weighted by Crippen LogP contribution is 2.31. The van der Waals surface area contributed by atoms with E-state index in [1.807, 2.05) is 13.1 Å². The van der Waals surface area contributed by atoms with Gasteiger partial charge in [0.05, 0.1) is 6.04 Å². The normalized spacial score (nSPS) is 23.1. The molecule has 2 aliphatic rings. The van der Waals surface area contributed by atoms with E-state index in [4.69, 9.17) is 5.73 Å². The molecule has 1 aromatic rings. The first-order valence-electron chi connectivity index (χ1n) is 8.75. The number of piperidine rings is 1. The molecule has 0 bridgehead atoms. The molecule has 0 saturated carbocycles. The number of rotatable bonds is 4. The van der Waals surface area contributed by atoms with Crippen LogP contribution in [0.25, 0.3) is 0 Å². The van der Waals surface area contributed by atoms with Crippen molar-refractivity contribution in [2.75, 3.05) is 13.1 Å². The van der Waals surface area contributed by atoms with Crippen molar-refractivity contribution in [3.05, 3.63) is 46.8 Å². The molecule has 1 fully saturated rings. The number of hydrogen-bond donors (Lipinski definition) is 2. The van der Waals surface area contributed by atoms with Crippen LogP contribution in [0.3, 0.4) is 0 Å². The highest BCUT2D eigenvalue weighted by Gasteiger charge is 2.20. The fourth-order valence-electron chi connectivity index (χ4n) is 3.75. The Hall–Kier alpha value is -1.48. The summed E-state index contributed by atoms with van der Waals surface area (Å²) in [5, 5.41) is 3.48. The van der Waals surface area contributed by atoms with Crippen LogP contribution in [0.15, 0.2) is 30.1 Å². The van der Waals surface area contributed by atoms with Crippen molar-refractivity contribution in [1.29, 1.82) is 0 Å². The van der Waals surface area contributed by atoms with E-state index in [0.29, 0.717) is 6.04 Å². The fourth-order valence-corrected chi connectivity index (χ4v) is 3.75. The van der Waals surface area contributed by atoms with Gasteiger partial charge in [-0.1, -0.05) is 24.6 Å². The average Bonchev–Trinajstić information content (AvgIpc) is 2.53. The maximum Gasteiger partial charge on any atom is 0.0511 e. The number of nitrogens with two attached hydrogens (primary N) is 1. The Balaban J connectivity index is 1.70. The first kappa shape index (κ1) is 15.4. The molecule has 0 spiro atoms. The van der Waals surface area contributed by atoms with Crippen LogP contribution in [-0.4, -0.2) is 18.0 Å². The molecule has 22 heavy (non-hydrogen) atoms. The van der Waals surface area contributed by atoms with Crippen LogP contribution in [-0.2, 0) is 13.0 Å². The minimum Gasteiger partial charge on any atom is -0.401 e. The lowest BCUT2D eigenvalue weighted by molar-refractivity contribution is 0.221. The second kappa shape index (κ2) is 7.19. The maximum absolute atomic E-state index is 5.75. The van der Waals surface area contributed by atoms with Crippen molar-refractivity contribution in [1.82, 2.24) is 10.2 Å². The minimum atomic E-state index is 0.422. The molecule has 3 N–H and O–H groups in total. The molecule has 1 aromatic carbocycles. The highest BCUT2D eigenvalue weighted by molar-refractivity contribution is 5.36. The Morgan fingerprint density at radius 1 is 1.27 bits per heavy atom. The third-order valence-corrected chi connectivity index (χ3v) is 4.89. The Bertz CT molecular complexity index is 525. The number of allylic oxidation sites excluding steroid dienone is 1. The van der Waals surface area contributed by atoms with Gasteiger partial charge in [0.25, 0.3) is 0 Å². The van der Waals surface area contributed by atoms with Crippen molar-refractivity contribution in [3.63, 3.8) is 0 Å². The van der Waals surface area contributed by atoms with Gasteiger partial charge in [-0.15, -0.1) is 0 Å². The van der Waals surface area contributed by atoms with Crippen molar-refractivity contribution < 1.29 is 0 Å². The summed E-state index contributed by atoms with van der Waals surface area (Å²) < 4.78 is 0. The van der Waals surface area contributed by atoms with E-state index in [2.05, 4.69) is 28.4 Å². The summed E-state index contributed by atoms with van der Waals surface area (Å²) in [4.78, 5) is 2.60. The molecule has 1 aliphatic carbocycles. The summed E-state index contributed by atoms with van der Waals surface area (Å²) in [7, 11) is 0. The Labute approximate surface area is 134 Å². The van der Waals surface area contributed by atoms with Crippen LogP contribution in [0.4, 0.5) is 0 Å². The van der Waals surface area contributed by atoms with Crippen LogP contribution in [0.5, 0.6) is 0 Å². The van der Waals surface area contributed by atoms with Crippen molar-refractivity contribution >= 4 is 0 Å². The minimum absolute atomic E-state index is 0.422. The maximum atomic E-state index is 5.75. The molecule has 3 nitrogen and oxygen atoms in total. The van der Waals surface area contributed by atoms with E-state index < -0.39 is 0 Å². The van der Waals surface area contributed by atoms with Gasteiger partial charge in [0.15, 0.2) is 0 Å². The molecule has 1 heterocycles. The van der Waals surface area contributed by atoms with Gasteiger partial charge >= 0.3 is 0 Å². The molecule has 1 atom stereocenters. The van der Waals surface area contributed by atoms with Crippen LogP contribution in [0.2, 0.25) is 0 Å². The number of nitrogens with zero attached hydrogens (tertiary/aromatic N) is 1. The number of aryl methyl sites for hydroxylation is 1. The smallest absolute Gasteiger partial charge is 0.0511 e. The number of fused-ring (bicyclic) bond motifs is 1. The van der Waals surface area contributed by atoms with E-state index in [1.165, 1.54) is 68.3 Å². The fraction of sp³-hybridized carbons (Fsp3) is 0.579. The van der Waals surface area contributed by atoms with E-state index >= 15 is 0 Å². The molecule has 0 aromatic heterocycles. The number of nitrogens with one attached hydrogen (secondary N) is 1.